The van der Waals surface area contributed by atoms with E-state index < -0.39 is 0 Å². The Kier molecular flexibility index (Phi) is 3.47. The Bertz CT molecular complexity index is 476. The Morgan fingerprint density at radius 3 is 3.16 bits per heavy atom. The van der Waals surface area contributed by atoms with E-state index in [9.17, 15) is 0 Å². The van der Waals surface area contributed by atoms with Gasteiger partial charge in [-0.25, -0.2) is 0 Å². The summed E-state index contributed by atoms with van der Waals surface area (Å²) in [6.07, 6.45) is 7.64. The zero-order valence-electron chi connectivity index (χ0n) is 11.4. The third-order valence-electron chi connectivity index (χ3n) is 3.78. The number of ether oxygens (including phenoxy) is 2. The monoisotopic (exact) mass is 259 g/mol. The lowest BCUT2D eigenvalue weighted by Gasteiger charge is -2.30. The summed E-state index contributed by atoms with van der Waals surface area (Å²) in [6.45, 7) is 4.88. The molecule has 0 saturated carbocycles. The second-order valence-corrected chi connectivity index (χ2v) is 5.33. The smallest absolute Gasteiger partial charge is 0.141 e. The van der Waals surface area contributed by atoms with E-state index in [1.807, 2.05) is 12.1 Å². The van der Waals surface area contributed by atoms with Crippen LogP contribution < -0.4 is 14.8 Å². The van der Waals surface area contributed by atoms with Crippen LogP contribution in [0.5, 0.6) is 11.5 Å². The normalized spacial score (nSPS) is 24.3. The van der Waals surface area contributed by atoms with Crippen LogP contribution in [0, 0.1) is 0 Å². The molecule has 102 valence electrons. The standard InChI is InChI=1S/C16H21NO2/c1-2-3-10-18-14-4-5-15-13(11-14)6-7-16(19-15)8-9-17-12-16/h4-7,11,17H,2-3,8-10,12H2,1H3. The molecule has 2 aliphatic heterocycles. The zero-order chi connectivity index (χ0) is 13.1. The molecule has 0 radical (unpaired) electrons. The fourth-order valence-electron chi connectivity index (χ4n) is 2.59. The molecule has 3 rings (SSSR count). The average molecular weight is 259 g/mol. The van der Waals surface area contributed by atoms with Gasteiger partial charge in [-0.1, -0.05) is 19.4 Å². The van der Waals surface area contributed by atoms with Crippen LogP contribution in [0.25, 0.3) is 6.08 Å². The van der Waals surface area contributed by atoms with Crippen LogP contribution in [0.15, 0.2) is 24.3 Å². The minimum absolute atomic E-state index is 0.127. The summed E-state index contributed by atoms with van der Waals surface area (Å²) in [5.41, 5.74) is 0.990. The van der Waals surface area contributed by atoms with Crippen molar-refractivity contribution in [1.82, 2.24) is 5.32 Å². The molecule has 3 nitrogen and oxygen atoms in total. The highest BCUT2D eigenvalue weighted by atomic mass is 16.5. The summed E-state index contributed by atoms with van der Waals surface area (Å²) in [6, 6.07) is 6.10. The van der Waals surface area contributed by atoms with Crippen LogP contribution in [0.2, 0.25) is 0 Å². The summed E-state index contributed by atoms with van der Waals surface area (Å²) < 4.78 is 11.9. The first-order valence-electron chi connectivity index (χ1n) is 7.17. The largest absolute Gasteiger partial charge is 0.494 e. The lowest BCUT2D eigenvalue weighted by molar-refractivity contribution is 0.139. The molecule has 1 aromatic rings. The molecule has 1 unspecified atom stereocenters. The molecule has 1 atom stereocenters. The number of nitrogens with one attached hydrogen (secondary N) is 1. The summed E-state index contributed by atoms with van der Waals surface area (Å²) in [5, 5.41) is 3.36. The summed E-state index contributed by atoms with van der Waals surface area (Å²) in [4.78, 5) is 0. The van der Waals surface area contributed by atoms with Gasteiger partial charge >= 0.3 is 0 Å². The molecular formula is C16H21NO2. The number of rotatable bonds is 4. The van der Waals surface area contributed by atoms with E-state index in [0.717, 1.165) is 56.0 Å². The van der Waals surface area contributed by atoms with Crippen LogP contribution in [0.1, 0.15) is 31.7 Å². The van der Waals surface area contributed by atoms with Crippen molar-refractivity contribution < 1.29 is 9.47 Å². The molecule has 1 fully saturated rings. The van der Waals surface area contributed by atoms with Gasteiger partial charge < -0.3 is 14.8 Å². The van der Waals surface area contributed by atoms with E-state index in [1.54, 1.807) is 0 Å². The summed E-state index contributed by atoms with van der Waals surface area (Å²) in [5.74, 6) is 1.90. The Morgan fingerprint density at radius 1 is 1.42 bits per heavy atom. The van der Waals surface area contributed by atoms with Gasteiger partial charge in [0, 0.05) is 18.5 Å². The summed E-state index contributed by atoms with van der Waals surface area (Å²) >= 11 is 0. The lowest BCUT2D eigenvalue weighted by Crippen LogP contribution is -2.37. The minimum atomic E-state index is -0.127. The molecule has 1 N–H and O–H groups in total. The highest BCUT2D eigenvalue weighted by Gasteiger charge is 2.35. The molecule has 0 aromatic heterocycles. The van der Waals surface area contributed by atoms with Gasteiger partial charge in [-0.3, -0.25) is 0 Å². The van der Waals surface area contributed by atoms with Crippen molar-refractivity contribution in [1.29, 1.82) is 0 Å². The predicted molar refractivity (Wildman–Crippen MR) is 76.7 cm³/mol. The fraction of sp³-hybridized carbons (Fsp3) is 0.500. The molecule has 1 spiro atoms. The van der Waals surface area contributed by atoms with Crippen molar-refractivity contribution in [3.05, 3.63) is 29.8 Å². The Labute approximate surface area is 114 Å². The van der Waals surface area contributed by atoms with Gasteiger partial charge in [0.25, 0.3) is 0 Å². The maximum Gasteiger partial charge on any atom is 0.141 e. The average Bonchev–Trinajstić information content (AvgIpc) is 2.87. The Hall–Kier alpha value is -1.48. The van der Waals surface area contributed by atoms with Crippen molar-refractivity contribution >= 4 is 6.08 Å². The molecule has 2 heterocycles. The van der Waals surface area contributed by atoms with Crippen LogP contribution in [-0.4, -0.2) is 25.3 Å². The van der Waals surface area contributed by atoms with Crippen molar-refractivity contribution in [2.45, 2.75) is 31.8 Å². The van der Waals surface area contributed by atoms with Gasteiger partial charge in [0.15, 0.2) is 0 Å². The number of benzene rings is 1. The molecule has 3 heteroatoms. The van der Waals surface area contributed by atoms with Crippen molar-refractivity contribution in [2.24, 2.45) is 0 Å². The van der Waals surface area contributed by atoms with Crippen molar-refractivity contribution in [2.75, 3.05) is 19.7 Å². The van der Waals surface area contributed by atoms with E-state index in [2.05, 4.69) is 30.5 Å². The molecule has 1 aromatic carbocycles. The number of unbranched alkanes of at least 4 members (excludes halogenated alkanes) is 1. The quantitative estimate of drug-likeness (QED) is 0.843. The van der Waals surface area contributed by atoms with E-state index in [4.69, 9.17) is 9.47 Å². The van der Waals surface area contributed by atoms with Gasteiger partial charge in [-0.05, 0) is 37.2 Å². The van der Waals surface area contributed by atoms with E-state index in [0.29, 0.717) is 0 Å². The zero-order valence-corrected chi connectivity index (χ0v) is 11.4. The maximum absolute atomic E-state index is 6.16. The van der Waals surface area contributed by atoms with Crippen molar-refractivity contribution in [3.63, 3.8) is 0 Å². The molecule has 1 saturated heterocycles. The van der Waals surface area contributed by atoms with Crippen LogP contribution in [-0.2, 0) is 0 Å². The second kappa shape index (κ2) is 5.25. The van der Waals surface area contributed by atoms with E-state index >= 15 is 0 Å². The summed E-state index contributed by atoms with van der Waals surface area (Å²) in [7, 11) is 0. The lowest BCUT2D eigenvalue weighted by atomic mass is 9.97. The first-order valence-corrected chi connectivity index (χ1v) is 7.17. The molecule has 2 aliphatic rings. The molecule has 19 heavy (non-hydrogen) atoms. The van der Waals surface area contributed by atoms with E-state index in [-0.39, 0.29) is 5.60 Å². The second-order valence-electron chi connectivity index (χ2n) is 5.33. The Balaban J connectivity index is 1.74. The number of hydrogen-bond acceptors (Lipinski definition) is 3. The van der Waals surface area contributed by atoms with Crippen molar-refractivity contribution in [3.8, 4) is 11.5 Å². The van der Waals surface area contributed by atoms with Gasteiger partial charge in [0.2, 0.25) is 0 Å². The van der Waals surface area contributed by atoms with Crippen LogP contribution in [0.3, 0.4) is 0 Å². The molecule has 0 bridgehead atoms. The number of fused-ring (bicyclic) bond motifs is 1. The van der Waals surface area contributed by atoms with Gasteiger partial charge in [-0.15, -0.1) is 0 Å². The minimum Gasteiger partial charge on any atom is -0.494 e. The molecular weight excluding hydrogens is 238 g/mol. The van der Waals surface area contributed by atoms with Crippen LogP contribution in [0.4, 0.5) is 0 Å². The predicted octanol–water partition coefficient (Wildman–Crippen LogP) is 3.00. The highest BCUT2D eigenvalue weighted by molar-refractivity contribution is 5.63. The van der Waals surface area contributed by atoms with Gasteiger partial charge in [-0.2, -0.15) is 0 Å². The first-order chi connectivity index (χ1) is 9.31. The SMILES string of the molecule is CCCCOc1ccc2c(c1)C=CC1(CCNC1)O2. The van der Waals surface area contributed by atoms with Crippen LogP contribution >= 0.6 is 0 Å². The fourth-order valence-corrected chi connectivity index (χ4v) is 2.59. The van der Waals surface area contributed by atoms with Gasteiger partial charge in [0.05, 0.1) is 6.61 Å². The third kappa shape index (κ3) is 2.61. The third-order valence-corrected chi connectivity index (χ3v) is 3.78. The first kappa shape index (κ1) is 12.5. The van der Waals surface area contributed by atoms with Gasteiger partial charge in [0.1, 0.15) is 17.1 Å². The number of hydrogen-bond donors (Lipinski definition) is 1. The topological polar surface area (TPSA) is 30.5 Å². The maximum atomic E-state index is 6.16. The highest BCUT2D eigenvalue weighted by Crippen LogP contribution is 2.36. The van der Waals surface area contributed by atoms with E-state index in [1.165, 1.54) is 0 Å². The molecule has 0 aliphatic carbocycles. The Morgan fingerprint density at radius 2 is 2.37 bits per heavy atom. The molecule has 0 amide bonds.